The van der Waals surface area contributed by atoms with Crippen molar-refractivity contribution in [2.45, 2.75) is 11.3 Å². The summed E-state index contributed by atoms with van der Waals surface area (Å²) in [5, 5.41) is 2.57. The third kappa shape index (κ3) is 5.10. The SMILES string of the molecule is O=C(Nc1ccc(S(=O)(=O)Nc2ncccn2)cc1)C1CC(=O)N(c2ccc(F)c(Cl)c2)C1. The van der Waals surface area contributed by atoms with Crippen molar-refractivity contribution in [1.29, 1.82) is 0 Å². The molecular weight excluding hydrogens is 473 g/mol. The maximum atomic E-state index is 13.4. The van der Waals surface area contributed by atoms with Gasteiger partial charge < -0.3 is 10.2 Å². The Labute approximate surface area is 193 Å². The van der Waals surface area contributed by atoms with Gasteiger partial charge in [-0.2, -0.15) is 0 Å². The number of halogens is 2. The molecule has 1 aliphatic heterocycles. The molecule has 0 saturated carbocycles. The van der Waals surface area contributed by atoms with E-state index in [2.05, 4.69) is 20.0 Å². The normalized spacial score (nSPS) is 16.0. The number of amides is 2. The molecule has 0 aliphatic carbocycles. The summed E-state index contributed by atoms with van der Waals surface area (Å²) in [4.78, 5) is 34.0. The zero-order valence-electron chi connectivity index (χ0n) is 16.9. The van der Waals surface area contributed by atoms with E-state index in [4.69, 9.17) is 11.6 Å². The number of anilines is 3. The quantitative estimate of drug-likeness (QED) is 0.549. The molecule has 0 radical (unpaired) electrons. The van der Waals surface area contributed by atoms with E-state index < -0.39 is 27.7 Å². The molecule has 2 heterocycles. The van der Waals surface area contributed by atoms with Crippen molar-refractivity contribution in [1.82, 2.24) is 9.97 Å². The van der Waals surface area contributed by atoms with Crippen LogP contribution in [0.3, 0.4) is 0 Å². The van der Waals surface area contributed by atoms with Gasteiger partial charge in [0.25, 0.3) is 10.0 Å². The van der Waals surface area contributed by atoms with Crippen LogP contribution >= 0.6 is 11.6 Å². The van der Waals surface area contributed by atoms with Gasteiger partial charge in [-0.25, -0.2) is 27.5 Å². The minimum absolute atomic E-state index is 0.0196. The number of aromatic nitrogens is 2. The molecule has 2 amide bonds. The Morgan fingerprint density at radius 2 is 1.82 bits per heavy atom. The van der Waals surface area contributed by atoms with Gasteiger partial charge in [0.15, 0.2) is 0 Å². The van der Waals surface area contributed by atoms with E-state index in [1.165, 1.54) is 53.7 Å². The Morgan fingerprint density at radius 1 is 1.12 bits per heavy atom. The minimum atomic E-state index is -3.90. The van der Waals surface area contributed by atoms with E-state index in [-0.39, 0.29) is 34.7 Å². The molecule has 1 aliphatic rings. The van der Waals surface area contributed by atoms with Crippen molar-refractivity contribution in [2.24, 2.45) is 5.92 Å². The van der Waals surface area contributed by atoms with Crippen LogP contribution < -0.4 is 14.9 Å². The molecule has 170 valence electrons. The molecular formula is C21H17ClFN5O4S. The smallest absolute Gasteiger partial charge is 0.264 e. The van der Waals surface area contributed by atoms with Gasteiger partial charge in [-0.15, -0.1) is 0 Å². The lowest BCUT2D eigenvalue weighted by Crippen LogP contribution is -2.28. The van der Waals surface area contributed by atoms with Crippen LogP contribution in [0.2, 0.25) is 5.02 Å². The summed E-state index contributed by atoms with van der Waals surface area (Å²) < 4.78 is 40.5. The fourth-order valence-electron chi connectivity index (χ4n) is 3.28. The second-order valence-corrected chi connectivity index (χ2v) is 9.28. The zero-order chi connectivity index (χ0) is 23.6. The molecule has 2 aromatic carbocycles. The number of hydrogen-bond donors (Lipinski definition) is 2. The van der Waals surface area contributed by atoms with Crippen LogP contribution in [0.15, 0.2) is 65.8 Å². The zero-order valence-corrected chi connectivity index (χ0v) is 18.5. The lowest BCUT2D eigenvalue weighted by atomic mass is 10.1. The van der Waals surface area contributed by atoms with Gasteiger partial charge in [0.2, 0.25) is 17.8 Å². The lowest BCUT2D eigenvalue weighted by Gasteiger charge is -2.17. The predicted molar refractivity (Wildman–Crippen MR) is 120 cm³/mol. The number of sulfonamides is 1. The van der Waals surface area contributed by atoms with Crippen LogP contribution in [-0.2, 0) is 19.6 Å². The summed E-state index contributed by atoms with van der Waals surface area (Å²) in [6, 6.07) is 11.0. The monoisotopic (exact) mass is 489 g/mol. The van der Waals surface area contributed by atoms with Gasteiger partial charge in [0.1, 0.15) is 5.82 Å². The van der Waals surface area contributed by atoms with Crippen molar-refractivity contribution >= 4 is 50.8 Å². The highest BCUT2D eigenvalue weighted by Gasteiger charge is 2.35. The first kappa shape index (κ1) is 22.6. The van der Waals surface area contributed by atoms with Crippen molar-refractivity contribution in [2.75, 3.05) is 21.5 Å². The molecule has 0 spiro atoms. The number of carbonyl (C=O) groups excluding carboxylic acids is 2. The summed E-state index contributed by atoms with van der Waals surface area (Å²) in [7, 11) is -3.90. The molecule has 1 saturated heterocycles. The van der Waals surface area contributed by atoms with E-state index in [9.17, 15) is 22.4 Å². The van der Waals surface area contributed by atoms with Crippen molar-refractivity contribution in [3.63, 3.8) is 0 Å². The van der Waals surface area contributed by atoms with Crippen LogP contribution in [0.1, 0.15) is 6.42 Å². The van der Waals surface area contributed by atoms with Crippen LogP contribution in [-0.4, -0.2) is 36.7 Å². The van der Waals surface area contributed by atoms with Crippen molar-refractivity contribution in [3.05, 3.63) is 71.8 Å². The van der Waals surface area contributed by atoms with E-state index in [0.29, 0.717) is 11.4 Å². The number of rotatable bonds is 6. The van der Waals surface area contributed by atoms with Crippen LogP contribution in [0.4, 0.5) is 21.7 Å². The summed E-state index contributed by atoms with van der Waals surface area (Å²) in [5.41, 5.74) is 0.775. The van der Waals surface area contributed by atoms with Gasteiger partial charge in [0.05, 0.1) is 15.8 Å². The molecule has 3 aromatic rings. The highest BCUT2D eigenvalue weighted by Crippen LogP contribution is 2.29. The fourth-order valence-corrected chi connectivity index (χ4v) is 4.41. The number of nitrogens with one attached hydrogen (secondary N) is 2. The van der Waals surface area contributed by atoms with E-state index >= 15 is 0 Å². The summed E-state index contributed by atoms with van der Waals surface area (Å²) in [6.07, 6.45) is 2.79. The second-order valence-electron chi connectivity index (χ2n) is 7.20. The van der Waals surface area contributed by atoms with E-state index in [1.54, 1.807) is 6.07 Å². The molecule has 1 fully saturated rings. The van der Waals surface area contributed by atoms with E-state index in [0.717, 1.165) is 6.07 Å². The molecule has 4 rings (SSSR count). The lowest BCUT2D eigenvalue weighted by molar-refractivity contribution is -0.122. The third-order valence-corrected chi connectivity index (χ3v) is 6.57. The average molecular weight is 490 g/mol. The highest BCUT2D eigenvalue weighted by atomic mass is 35.5. The van der Waals surface area contributed by atoms with Crippen LogP contribution in [0.5, 0.6) is 0 Å². The molecule has 0 bridgehead atoms. The van der Waals surface area contributed by atoms with Crippen LogP contribution in [0.25, 0.3) is 0 Å². The van der Waals surface area contributed by atoms with Gasteiger partial charge in [-0.05, 0) is 48.5 Å². The molecule has 1 unspecified atom stereocenters. The summed E-state index contributed by atoms with van der Waals surface area (Å²) >= 11 is 5.79. The second kappa shape index (κ2) is 9.12. The summed E-state index contributed by atoms with van der Waals surface area (Å²) in [6.45, 7) is 0.111. The Kier molecular flexibility index (Phi) is 6.25. The third-order valence-electron chi connectivity index (χ3n) is 4.93. The van der Waals surface area contributed by atoms with E-state index in [1.807, 2.05) is 0 Å². The first-order chi connectivity index (χ1) is 15.7. The molecule has 1 aromatic heterocycles. The average Bonchev–Trinajstić information content (AvgIpc) is 3.18. The van der Waals surface area contributed by atoms with Crippen molar-refractivity contribution < 1.29 is 22.4 Å². The molecule has 2 N–H and O–H groups in total. The first-order valence-corrected chi connectivity index (χ1v) is 11.6. The highest BCUT2D eigenvalue weighted by molar-refractivity contribution is 7.92. The largest absolute Gasteiger partial charge is 0.326 e. The number of hydrogen-bond acceptors (Lipinski definition) is 6. The number of nitrogens with zero attached hydrogens (tertiary/aromatic N) is 3. The van der Waals surface area contributed by atoms with Gasteiger partial charge in [-0.3, -0.25) is 9.59 Å². The molecule has 9 nitrogen and oxygen atoms in total. The maximum Gasteiger partial charge on any atom is 0.264 e. The number of carbonyl (C=O) groups is 2. The topological polar surface area (TPSA) is 121 Å². The molecule has 1 atom stereocenters. The van der Waals surface area contributed by atoms with Gasteiger partial charge in [0, 0.05) is 36.7 Å². The number of benzene rings is 2. The Balaban J connectivity index is 1.40. The Hall–Kier alpha value is -3.57. The Morgan fingerprint density at radius 3 is 2.48 bits per heavy atom. The molecule has 33 heavy (non-hydrogen) atoms. The van der Waals surface area contributed by atoms with Gasteiger partial charge >= 0.3 is 0 Å². The van der Waals surface area contributed by atoms with Gasteiger partial charge in [-0.1, -0.05) is 11.6 Å². The molecule has 12 heteroatoms. The maximum absolute atomic E-state index is 13.4. The fraction of sp³-hybridized carbons (Fsp3) is 0.143. The first-order valence-electron chi connectivity index (χ1n) is 9.69. The summed E-state index contributed by atoms with van der Waals surface area (Å²) in [5.74, 6) is -1.98. The van der Waals surface area contributed by atoms with Crippen molar-refractivity contribution in [3.8, 4) is 0 Å². The Bertz CT molecular complexity index is 1310. The minimum Gasteiger partial charge on any atom is -0.326 e. The van der Waals surface area contributed by atoms with Crippen LogP contribution in [0, 0.1) is 11.7 Å². The predicted octanol–water partition coefficient (Wildman–Crippen LogP) is 3.06. The standard InChI is InChI=1S/C21H17ClFN5O4S/c22-17-11-15(4-7-18(17)23)28-12-13(10-19(28)29)20(30)26-14-2-5-16(6-3-14)33(31,32)27-21-24-8-1-9-25-21/h1-9,11,13H,10,12H2,(H,26,30)(H,24,25,27).